The van der Waals surface area contributed by atoms with Gasteiger partial charge in [-0.15, -0.1) is 0 Å². The normalized spacial score (nSPS) is 22.2. The van der Waals surface area contributed by atoms with Crippen LogP contribution in [0.3, 0.4) is 0 Å². The summed E-state index contributed by atoms with van der Waals surface area (Å²) in [6.07, 6.45) is 1.46. The van der Waals surface area contributed by atoms with Crippen LogP contribution in [0.15, 0.2) is 24.3 Å². The van der Waals surface area contributed by atoms with E-state index in [1.807, 2.05) is 12.1 Å². The van der Waals surface area contributed by atoms with Crippen molar-refractivity contribution >= 4 is 17.7 Å². The van der Waals surface area contributed by atoms with Gasteiger partial charge >= 0.3 is 5.97 Å². The lowest BCUT2D eigenvalue weighted by atomic mass is 10.1. The molecule has 0 aromatic heterocycles. The second kappa shape index (κ2) is 5.56. The Labute approximate surface area is 106 Å². The van der Waals surface area contributed by atoms with Crippen LogP contribution in [0.2, 0.25) is 0 Å². The molecule has 1 aliphatic rings. The average molecular weight is 251 g/mol. The number of fused-ring (bicyclic) bond motifs is 1. The van der Waals surface area contributed by atoms with Crippen LogP contribution in [0.5, 0.6) is 0 Å². The number of carbonyl (C=O) groups excluding carboxylic acids is 1. The number of hydrogen-bond donors (Lipinski definition) is 1. The minimum absolute atomic E-state index is 0.0915. The van der Waals surface area contributed by atoms with Gasteiger partial charge in [0.1, 0.15) is 0 Å². The summed E-state index contributed by atoms with van der Waals surface area (Å²) in [5.41, 5.74) is 8.80. The van der Waals surface area contributed by atoms with E-state index in [9.17, 15) is 4.79 Å². The molecule has 1 aromatic rings. The minimum atomic E-state index is -0.151. The molecule has 0 bridgehead atoms. The molecule has 2 atom stereocenters. The summed E-state index contributed by atoms with van der Waals surface area (Å²) < 4.78 is 4.62. The predicted octanol–water partition coefficient (Wildman–Crippen LogP) is 1.91. The van der Waals surface area contributed by atoms with Crippen molar-refractivity contribution in [2.75, 3.05) is 12.9 Å². The monoisotopic (exact) mass is 251 g/mol. The molecule has 0 radical (unpaired) electrons. The molecule has 0 saturated heterocycles. The van der Waals surface area contributed by atoms with Crippen LogP contribution in [-0.2, 0) is 16.0 Å². The number of nitrogens with two attached hydrogens (primary N) is 1. The van der Waals surface area contributed by atoms with Gasteiger partial charge in [-0.3, -0.25) is 4.79 Å². The van der Waals surface area contributed by atoms with Crippen molar-refractivity contribution < 1.29 is 9.53 Å². The number of ether oxygens (including phenoxy) is 1. The largest absolute Gasteiger partial charge is 0.469 e. The number of methoxy groups -OCH3 is 1. The van der Waals surface area contributed by atoms with Crippen LogP contribution in [0.1, 0.15) is 23.6 Å². The quantitative estimate of drug-likeness (QED) is 0.831. The highest BCUT2D eigenvalue weighted by atomic mass is 32.2. The van der Waals surface area contributed by atoms with E-state index in [0.717, 1.165) is 12.2 Å². The smallest absolute Gasteiger partial charge is 0.306 e. The Balaban J connectivity index is 1.88. The Kier molecular flexibility index (Phi) is 4.07. The molecule has 0 heterocycles. The highest BCUT2D eigenvalue weighted by Crippen LogP contribution is 2.36. The summed E-state index contributed by atoms with van der Waals surface area (Å²) in [7, 11) is 1.42. The maximum Gasteiger partial charge on any atom is 0.306 e. The number of carbonyl (C=O) groups is 1. The van der Waals surface area contributed by atoms with Crippen LogP contribution in [-0.4, -0.2) is 24.1 Å². The van der Waals surface area contributed by atoms with Gasteiger partial charge in [0, 0.05) is 17.0 Å². The minimum Gasteiger partial charge on any atom is -0.469 e. The molecule has 17 heavy (non-hydrogen) atoms. The molecule has 1 aromatic carbocycles. The molecule has 2 rings (SSSR count). The average Bonchev–Trinajstić information content (AvgIpc) is 2.67. The fraction of sp³-hybridized carbons (Fsp3) is 0.462. The van der Waals surface area contributed by atoms with Crippen molar-refractivity contribution in [3.63, 3.8) is 0 Å². The SMILES string of the molecule is COC(=O)CCSC1Cc2ccccc2C1N. The van der Waals surface area contributed by atoms with Crippen molar-refractivity contribution in [3.05, 3.63) is 35.4 Å². The zero-order chi connectivity index (χ0) is 12.3. The van der Waals surface area contributed by atoms with Gasteiger partial charge in [-0.25, -0.2) is 0 Å². The lowest BCUT2D eigenvalue weighted by molar-refractivity contribution is -0.140. The molecule has 0 saturated carbocycles. The Hall–Kier alpha value is -1.00. The molecular formula is C13H17NO2S. The Bertz CT molecular complexity index is 408. The molecule has 1 aliphatic carbocycles. The van der Waals surface area contributed by atoms with Crippen LogP contribution in [0.4, 0.5) is 0 Å². The molecule has 2 N–H and O–H groups in total. The van der Waals surface area contributed by atoms with E-state index in [1.54, 1.807) is 11.8 Å². The second-order valence-corrected chi connectivity index (χ2v) is 5.51. The highest BCUT2D eigenvalue weighted by molar-refractivity contribution is 7.99. The van der Waals surface area contributed by atoms with E-state index >= 15 is 0 Å². The van der Waals surface area contributed by atoms with Gasteiger partial charge in [-0.05, 0) is 17.5 Å². The van der Waals surface area contributed by atoms with Crippen LogP contribution in [0.25, 0.3) is 0 Å². The van der Waals surface area contributed by atoms with Crippen LogP contribution >= 0.6 is 11.8 Å². The fourth-order valence-corrected chi connectivity index (χ4v) is 3.39. The molecular weight excluding hydrogens is 234 g/mol. The molecule has 0 spiro atoms. The summed E-state index contributed by atoms with van der Waals surface area (Å²) in [5.74, 6) is 0.626. The maximum absolute atomic E-state index is 11.0. The molecule has 4 heteroatoms. The summed E-state index contributed by atoms with van der Waals surface area (Å²) >= 11 is 1.77. The first-order chi connectivity index (χ1) is 8.22. The van der Waals surface area contributed by atoms with Gasteiger partial charge in [0.2, 0.25) is 0 Å². The first-order valence-electron chi connectivity index (χ1n) is 5.74. The van der Waals surface area contributed by atoms with E-state index in [0.29, 0.717) is 11.7 Å². The van der Waals surface area contributed by atoms with Crippen LogP contribution < -0.4 is 5.73 Å². The third-order valence-corrected chi connectivity index (χ3v) is 4.43. The van der Waals surface area contributed by atoms with Gasteiger partial charge in [-0.1, -0.05) is 24.3 Å². The van der Waals surface area contributed by atoms with Gasteiger partial charge in [0.05, 0.1) is 13.5 Å². The predicted molar refractivity (Wildman–Crippen MR) is 70.0 cm³/mol. The topological polar surface area (TPSA) is 52.3 Å². The Morgan fingerprint density at radius 1 is 1.53 bits per heavy atom. The molecule has 92 valence electrons. The van der Waals surface area contributed by atoms with Gasteiger partial charge in [0.15, 0.2) is 0 Å². The third-order valence-electron chi connectivity index (χ3n) is 3.10. The Morgan fingerprint density at radius 2 is 2.29 bits per heavy atom. The van der Waals surface area contributed by atoms with E-state index in [1.165, 1.54) is 18.2 Å². The first-order valence-corrected chi connectivity index (χ1v) is 6.79. The zero-order valence-electron chi connectivity index (χ0n) is 9.89. The molecule has 2 unspecified atom stereocenters. The number of benzene rings is 1. The summed E-state index contributed by atoms with van der Waals surface area (Å²) in [6, 6.07) is 8.40. The van der Waals surface area contributed by atoms with Crippen molar-refractivity contribution in [1.82, 2.24) is 0 Å². The van der Waals surface area contributed by atoms with E-state index < -0.39 is 0 Å². The standard InChI is InChI=1S/C13H17NO2S/c1-16-12(15)6-7-17-11-8-9-4-2-3-5-10(9)13(11)14/h2-5,11,13H,6-8,14H2,1H3. The molecule has 0 fully saturated rings. The highest BCUT2D eigenvalue weighted by Gasteiger charge is 2.29. The van der Waals surface area contributed by atoms with E-state index in [-0.39, 0.29) is 12.0 Å². The van der Waals surface area contributed by atoms with Gasteiger partial charge in [-0.2, -0.15) is 11.8 Å². The molecule has 0 amide bonds. The molecule has 0 aliphatic heterocycles. The lowest BCUT2D eigenvalue weighted by Gasteiger charge is -2.15. The van der Waals surface area contributed by atoms with Crippen molar-refractivity contribution in [1.29, 1.82) is 0 Å². The van der Waals surface area contributed by atoms with Crippen molar-refractivity contribution in [2.24, 2.45) is 5.73 Å². The third kappa shape index (κ3) is 2.82. The number of esters is 1. The van der Waals surface area contributed by atoms with Gasteiger partial charge < -0.3 is 10.5 Å². The van der Waals surface area contributed by atoms with Crippen molar-refractivity contribution in [2.45, 2.75) is 24.1 Å². The maximum atomic E-state index is 11.0. The number of rotatable bonds is 4. The summed E-state index contributed by atoms with van der Waals surface area (Å²) in [6.45, 7) is 0. The van der Waals surface area contributed by atoms with Gasteiger partial charge in [0.25, 0.3) is 0 Å². The number of thioether (sulfide) groups is 1. The molecule has 3 nitrogen and oxygen atoms in total. The fourth-order valence-electron chi connectivity index (χ4n) is 2.15. The van der Waals surface area contributed by atoms with E-state index in [2.05, 4.69) is 16.9 Å². The lowest BCUT2D eigenvalue weighted by Crippen LogP contribution is -2.19. The Morgan fingerprint density at radius 3 is 3.00 bits per heavy atom. The summed E-state index contributed by atoms with van der Waals surface area (Å²) in [4.78, 5) is 11.0. The zero-order valence-corrected chi connectivity index (χ0v) is 10.7. The van der Waals surface area contributed by atoms with E-state index in [4.69, 9.17) is 5.73 Å². The summed E-state index contributed by atoms with van der Waals surface area (Å²) in [5, 5.41) is 0.386. The number of hydrogen-bond acceptors (Lipinski definition) is 4. The second-order valence-electron chi connectivity index (χ2n) is 4.16. The van der Waals surface area contributed by atoms with Crippen LogP contribution in [0, 0.1) is 0 Å². The first kappa shape index (κ1) is 12.5. The van der Waals surface area contributed by atoms with Crippen molar-refractivity contribution in [3.8, 4) is 0 Å².